The fourth-order valence-electron chi connectivity index (χ4n) is 2.94. The first-order valence-electron chi connectivity index (χ1n) is 8.65. The summed E-state index contributed by atoms with van der Waals surface area (Å²) in [6, 6.07) is 8.04. The molecule has 1 heterocycles. The van der Waals surface area contributed by atoms with Crippen LogP contribution in [0, 0.1) is 0 Å². The Morgan fingerprint density at radius 1 is 1.11 bits per heavy atom. The maximum Gasteiger partial charge on any atom is 0.328 e. The third-order valence-corrected chi connectivity index (χ3v) is 7.34. The average molecular weight is 426 g/mol. The zero-order valence-electron chi connectivity index (χ0n) is 14.5. The Bertz CT molecular complexity index is 916. The molecule has 3 rings (SSSR count). The number of carbonyl (C=O) groups is 1. The number of benzene rings is 1. The zero-order valence-corrected chi connectivity index (χ0v) is 16.9. The number of rotatable bonds is 5. The van der Waals surface area contributed by atoms with Gasteiger partial charge in [0.05, 0.1) is 5.02 Å². The maximum atomic E-state index is 12.7. The predicted molar refractivity (Wildman–Crippen MR) is 106 cm³/mol. The molecule has 0 radical (unpaired) electrons. The number of aromatic nitrogens is 1. The molecule has 0 spiro atoms. The molecule has 27 heavy (non-hydrogen) atoms. The summed E-state index contributed by atoms with van der Waals surface area (Å²) < 4.78 is 27.5. The van der Waals surface area contributed by atoms with Crippen LogP contribution < -0.4 is 10.0 Å². The van der Waals surface area contributed by atoms with E-state index in [1.165, 1.54) is 24.2 Å². The van der Waals surface area contributed by atoms with Crippen LogP contribution in [-0.2, 0) is 10.0 Å². The number of nitrogens with zero attached hydrogens (tertiary/aromatic N) is 1. The predicted octanol–water partition coefficient (Wildman–Crippen LogP) is 4.21. The van der Waals surface area contributed by atoms with Crippen LogP contribution in [0.1, 0.15) is 32.1 Å². The van der Waals surface area contributed by atoms with Crippen molar-refractivity contribution in [1.29, 1.82) is 0 Å². The standard InChI is InChI=1S/C18H20ClN3O3S2/c19-14-8-4-5-9-15(14)26-16-10-11-20-12-17(16)27(24,25)22-18(23)21-13-6-2-1-3-7-13/h4-5,8-13H,1-3,6-7H2,(H2,21,22,23). The second kappa shape index (κ2) is 8.95. The minimum Gasteiger partial charge on any atom is -0.335 e. The van der Waals surface area contributed by atoms with Crippen molar-refractivity contribution in [3.8, 4) is 0 Å². The van der Waals surface area contributed by atoms with E-state index in [1.807, 2.05) is 6.07 Å². The highest BCUT2D eigenvalue weighted by Gasteiger charge is 2.24. The van der Waals surface area contributed by atoms with Crippen LogP contribution in [0.2, 0.25) is 5.02 Å². The highest BCUT2D eigenvalue weighted by atomic mass is 35.5. The first-order chi connectivity index (χ1) is 13.0. The van der Waals surface area contributed by atoms with Gasteiger partial charge in [0, 0.05) is 28.2 Å². The van der Waals surface area contributed by atoms with Crippen LogP contribution in [-0.4, -0.2) is 25.5 Å². The maximum absolute atomic E-state index is 12.7. The zero-order chi connectivity index (χ0) is 19.3. The third kappa shape index (κ3) is 5.37. The second-order valence-electron chi connectivity index (χ2n) is 6.27. The number of hydrogen-bond donors (Lipinski definition) is 2. The molecule has 1 saturated carbocycles. The Hall–Kier alpha value is -1.77. The minimum absolute atomic E-state index is 0.0137. The van der Waals surface area contributed by atoms with Gasteiger partial charge in [0.1, 0.15) is 4.90 Å². The van der Waals surface area contributed by atoms with E-state index in [-0.39, 0.29) is 10.9 Å². The smallest absolute Gasteiger partial charge is 0.328 e. The lowest BCUT2D eigenvalue weighted by atomic mass is 9.96. The molecule has 0 atom stereocenters. The topological polar surface area (TPSA) is 88.2 Å². The summed E-state index contributed by atoms with van der Waals surface area (Å²) in [4.78, 5) is 17.2. The van der Waals surface area contributed by atoms with Crippen molar-refractivity contribution < 1.29 is 13.2 Å². The van der Waals surface area contributed by atoms with Crippen molar-refractivity contribution in [2.45, 2.75) is 52.8 Å². The number of sulfonamides is 1. The van der Waals surface area contributed by atoms with Crippen LogP contribution >= 0.6 is 23.4 Å². The van der Waals surface area contributed by atoms with E-state index in [1.54, 1.807) is 24.3 Å². The summed E-state index contributed by atoms with van der Waals surface area (Å²) in [6.45, 7) is 0. The van der Waals surface area contributed by atoms with Crippen LogP contribution in [0.25, 0.3) is 0 Å². The van der Waals surface area contributed by atoms with Crippen molar-refractivity contribution in [2.24, 2.45) is 0 Å². The van der Waals surface area contributed by atoms with Gasteiger partial charge in [0.25, 0.3) is 10.0 Å². The lowest BCUT2D eigenvalue weighted by Gasteiger charge is -2.22. The molecule has 2 amide bonds. The van der Waals surface area contributed by atoms with Crippen LogP contribution in [0.5, 0.6) is 0 Å². The van der Waals surface area contributed by atoms with E-state index >= 15 is 0 Å². The molecule has 9 heteroatoms. The van der Waals surface area contributed by atoms with Crippen molar-refractivity contribution in [1.82, 2.24) is 15.0 Å². The lowest BCUT2D eigenvalue weighted by Crippen LogP contribution is -2.45. The van der Waals surface area contributed by atoms with Gasteiger partial charge < -0.3 is 5.32 Å². The molecular weight excluding hydrogens is 406 g/mol. The van der Waals surface area contributed by atoms with Gasteiger partial charge in [-0.1, -0.05) is 54.8 Å². The fourth-order valence-corrected chi connectivity index (χ4v) is 5.42. The van der Waals surface area contributed by atoms with Gasteiger partial charge in [0.15, 0.2) is 0 Å². The average Bonchev–Trinajstić information content (AvgIpc) is 2.64. The monoisotopic (exact) mass is 425 g/mol. The largest absolute Gasteiger partial charge is 0.335 e. The van der Waals surface area contributed by atoms with E-state index < -0.39 is 16.1 Å². The molecule has 0 bridgehead atoms. The Morgan fingerprint density at radius 2 is 1.85 bits per heavy atom. The molecular formula is C18H20ClN3O3S2. The molecule has 1 aromatic heterocycles. The molecule has 2 N–H and O–H groups in total. The van der Waals surface area contributed by atoms with Gasteiger partial charge in [-0.2, -0.15) is 0 Å². The van der Waals surface area contributed by atoms with Gasteiger partial charge in [-0.25, -0.2) is 17.9 Å². The van der Waals surface area contributed by atoms with Crippen molar-refractivity contribution >= 4 is 39.4 Å². The highest BCUT2D eigenvalue weighted by molar-refractivity contribution is 8.00. The van der Waals surface area contributed by atoms with E-state index in [4.69, 9.17) is 11.6 Å². The van der Waals surface area contributed by atoms with Gasteiger partial charge in [-0.05, 0) is 31.0 Å². The molecule has 0 unspecified atom stereocenters. The van der Waals surface area contributed by atoms with Crippen molar-refractivity contribution in [2.75, 3.05) is 0 Å². The number of urea groups is 1. The quantitative estimate of drug-likeness (QED) is 0.749. The fraction of sp³-hybridized carbons (Fsp3) is 0.333. The van der Waals surface area contributed by atoms with Gasteiger partial charge in [0.2, 0.25) is 0 Å². The molecule has 1 aromatic carbocycles. The summed E-state index contributed by atoms with van der Waals surface area (Å²) in [5.41, 5.74) is 0. The van der Waals surface area contributed by atoms with Crippen molar-refractivity contribution in [3.63, 3.8) is 0 Å². The molecule has 6 nitrogen and oxygen atoms in total. The third-order valence-electron chi connectivity index (χ3n) is 4.26. The summed E-state index contributed by atoms with van der Waals surface area (Å²) >= 11 is 7.38. The summed E-state index contributed by atoms with van der Waals surface area (Å²) in [5.74, 6) is 0. The molecule has 144 valence electrons. The van der Waals surface area contributed by atoms with Crippen LogP contribution in [0.15, 0.2) is 57.4 Å². The minimum atomic E-state index is -4.06. The number of pyridine rings is 1. The number of carbonyl (C=O) groups excluding carboxylic acids is 1. The molecule has 2 aromatic rings. The lowest BCUT2D eigenvalue weighted by molar-refractivity contribution is 0.237. The Labute approximate surface area is 168 Å². The Kier molecular flexibility index (Phi) is 6.62. The number of hydrogen-bond acceptors (Lipinski definition) is 5. The summed E-state index contributed by atoms with van der Waals surface area (Å²) in [6.07, 6.45) is 7.70. The Balaban J connectivity index is 1.76. The number of nitrogens with one attached hydrogen (secondary N) is 2. The molecule has 1 aliphatic carbocycles. The van der Waals surface area contributed by atoms with E-state index in [0.717, 1.165) is 32.1 Å². The van der Waals surface area contributed by atoms with E-state index in [9.17, 15) is 13.2 Å². The normalized spacial score (nSPS) is 15.3. The Morgan fingerprint density at radius 3 is 2.59 bits per heavy atom. The van der Waals surface area contributed by atoms with Gasteiger partial charge in [-0.15, -0.1) is 0 Å². The van der Waals surface area contributed by atoms with E-state index in [0.29, 0.717) is 14.8 Å². The second-order valence-corrected chi connectivity index (χ2v) is 9.41. The summed E-state index contributed by atoms with van der Waals surface area (Å²) in [7, 11) is -4.06. The first-order valence-corrected chi connectivity index (χ1v) is 11.3. The first kappa shape index (κ1) is 20.0. The number of halogens is 1. The molecule has 1 aliphatic rings. The van der Waals surface area contributed by atoms with Crippen LogP contribution in [0.3, 0.4) is 0 Å². The van der Waals surface area contributed by atoms with Gasteiger partial charge >= 0.3 is 6.03 Å². The highest BCUT2D eigenvalue weighted by Crippen LogP contribution is 2.36. The van der Waals surface area contributed by atoms with E-state index in [2.05, 4.69) is 15.0 Å². The van der Waals surface area contributed by atoms with Gasteiger partial charge in [-0.3, -0.25) is 4.98 Å². The van der Waals surface area contributed by atoms with Crippen molar-refractivity contribution in [3.05, 3.63) is 47.7 Å². The molecule has 1 fully saturated rings. The number of amides is 2. The molecule has 0 saturated heterocycles. The molecule has 0 aliphatic heterocycles. The summed E-state index contributed by atoms with van der Waals surface area (Å²) in [5, 5.41) is 3.26. The SMILES string of the molecule is O=C(NC1CCCCC1)NS(=O)(=O)c1cnccc1Sc1ccccc1Cl. The van der Waals surface area contributed by atoms with Crippen LogP contribution in [0.4, 0.5) is 4.79 Å².